The van der Waals surface area contributed by atoms with Crippen LogP contribution in [-0.2, 0) is 46.4 Å². The Bertz CT molecular complexity index is 2160. The van der Waals surface area contributed by atoms with Gasteiger partial charge in [0.05, 0.1) is 21.2 Å². The molecule has 0 atom stereocenters. The molecule has 0 spiro atoms. The van der Waals surface area contributed by atoms with Crippen molar-refractivity contribution < 1.29 is 53.4 Å². The van der Waals surface area contributed by atoms with Crippen molar-refractivity contribution in [2.45, 2.75) is 9.79 Å². The number of phenols is 2. The van der Waals surface area contributed by atoms with Crippen LogP contribution < -0.4 is 27.3 Å². The minimum atomic E-state index is -3.92. The Morgan fingerprint density at radius 3 is 1.28 bits per heavy atom. The van der Waals surface area contributed by atoms with Crippen LogP contribution in [0.5, 0.6) is 11.5 Å². The van der Waals surface area contributed by atoms with Crippen LogP contribution in [0.1, 0.15) is 22.3 Å². The molecule has 0 heterocycles. The van der Waals surface area contributed by atoms with Gasteiger partial charge in [0.2, 0.25) is 31.6 Å². The summed E-state index contributed by atoms with van der Waals surface area (Å²) in [7, 11) is -7.84. The Labute approximate surface area is 297 Å². The van der Waals surface area contributed by atoms with E-state index in [9.17, 15) is 36.6 Å². The number of phenolic OH excluding ortho intramolecular Hbond substituents is 2. The monoisotopic (exact) mass is 763 g/mol. The molecule has 0 unspecified atom stereocenters. The standard InChI is InChI=1S/2C16H13N3O4S.Co.H3N/c2*17-24(22,23)11-6-8-14(20)13(9-11)18-19-16-12-4-2-1-3-10(12)5-7-15(16)21;;/h2*1-9,18,20H,(H2,17,22,23);;1H3/p+1/b2*19-16-;;. The maximum absolute atomic E-state index is 12.1. The number of primary sulfonamides is 2. The van der Waals surface area contributed by atoms with Crippen LogP contribution in [0.15, 0.2) is 117 Å². The number of ketones is 2. The zero-order valence-electron chi connectivity index (χ0n) is 25.9. The molecule has 261 valence electrons. The number of anilines is 2. The van der Waals surface area contributed by atoms with E-state index in [2.05, 4.69) is 21.1 Å². The van der Waals surface area contributed by atoms with Gasteiger partial charge in [0.25, 0.3) is 0 Å². The number of nitrogens with two attached hydrogens (primary N) is 2. The topological polar surface area (TPSA) is 280 Å². The van der Waals surface area contributed by atoms with E-state index in [4.69, 9.17) is 10.3 Å². The van der Waals surface area contributed by atoms with Gasteiger partial charge < -0.3 is 16.4 Å². The summed E-state index contributed by atoms with van der Waals surface area (Å²) >= 11 is 0. The summed E-state index contributed by atoms with van der Waals surface area (Å²) in [6, 6.07) is 21.4. The van der Waals surface area contributed by atoms with Crippen molar-refractivity contribution >= 4 is 66.6 Å². The van der Waals surface area contributed by atoms with Gasteiger partial charge in [-0.15, -0.1) is 0 Å². The molecule has 4 aromatic rings. The molecule has 0 saturated carbocycles. The first-order valence-electron chi connectivity index (χ1n) is 13.7. The number of quaternary nitrogens is 1. The Morgan fingerprint density at radius 1 is 0.560 bits per heavy atom. The number of aromatic hydroxyl groups is 2. The van der Waals surface area contributed by atoms with Gasteiger partial charge >= 0.3 is 0 Å². The van der Waals surface area contributed by atoms with Crippen LogP contribution >= 0.6 is 0 Å². The molecule has 2 aliphatic rings. The van der Waals surface area contributed by atoms with E-state index in [1.54, 1.807) is 36.4 Å². The molecule has 6 rings (SSSR count). The fraction of sp³-hybridized carbons (Fsp3) is 0. The van der Waals surface area contributed by atoms with Crippen LogP contribution in [0.2, 0.25) is 0 Å². The first-order chi connectivity index (χ1) is 22.7. The quantitative estimate of drug-likeness (QED) is 0.111. The van der Waals surface area contributed by atoms with Crippen LogP contribution in [0.25, 0.3) is 12.2 Å². The molecule has 50 heavy (non-hydrogen) atoms. The third-order valence-electron chi connectivity index (χ3n) is 6.90. The summed E-state index contributed by atoms with van der Waals surface area (Å²) < 4.78 is 45.5. The third kappa shape index (κ3) is 8.95. The van der Waals surface area contributed by atoms with Gasteiger partial charge in [-0.05, 0) is 59.7 Å². The molecule has 18 heteroatoms. The van der Waals surface area contributed by atoms with Gasteiger partial charge in [0.1, 0.15) is 22.9 Å². The molecular formula is C32H30CoN7O8S2+. The zero-order chi connectivity index (χ0) is 34.6. The predicted octanol–water partition coefficient (Wildman–Crippen LogP) is 3.28. The molecule has 15 nitrogen and oxygen atoms in total. The summed E-state index contributed by atoms with van der Waals surface area (Å²) in [5, 5.41) is 37.8. The van der Waals surface area contributed by atoms with Crippen LogP contribution in [0.4, 0.5) is 11.4 Å². The van der Waals surface area contributed by atoms with E-state index < -0.39 is 20.0 Å². The largest absolute Gasteiger partial charge is 0.506 e. The molecule has 0 fully saturated rings. The molecule has 0 saturated heterocycles. The number of sulfonamides is 2. The number of rotatable bonds is 6. The van der Waals surface area contributed by atoms with Crippen molar-refractivity contribution in [2.24, 2.45) is 20.5 Å². The van der Waals surface area contributed by atoms with Gasteiger partial charge in [-0.2, -0.15) is 10.2 Å². The van der Waals surface area contributed by atoms with Gasteiger partial charge in [0.15, 0.2) is 0 Å². The first kappa shape index (κ1) is 39.0. The third-order valence-corrected chi connectivity index (χ3v) is 8.72. The number of carbonyl (C=O) groups excluding carboxylic acids is 2. The number of hydrogen-bond donors (Lipinski definition) is 7. The Kier molecular flexibility index (Phi) is 12.3. The van der Waals surface area contributed by atoms with Crippen molar-refractivity contribution in [2.75, 3.05) is 10.9 Å². The fourth-order valence-electron chi connectivity index (χ4n) is 4.50. The second-order valence-corrected chi connectivity index (χ2v) is 13.3. The van der Waals surface area contributed by atoms with E-state index in [-0.39, 0.29) is 78.6 Å². The van der Waals surface area contributed by atoms with Crippen molar-refractivity contribution in [1.82, 2.24) is 6.15 Å². The smallest absolute Gasteiger partial charge is 0.238 e. The Morgan fingerprint density at radius 2 is 0.920 bits per heavy atom. The minimum absolute atomic E-state index is 0. The van der Waals surface area contributed by atoms with Gasteiger partial charge in [-0.1, -0.05) is 60.7 Å². The van der Waals surface area contributed by atoms with Crippen molar-refractivity contribution in [3.8, 4) is 11.5 Å². The number of carbonyl (C=O) groups is 2. The van der Waals surface area contributed by atoms with Crippen molar-refractivity contribution in [3.63, 3.8) is 0 Å². The molecule has 4 aromatic carbocycles. The summed E-state index contributed by atoms with van der Waals surface area (Å²) in [6.07, 6.45) is 6.17. The fourth-order valence-corrected chi connectivity index (χ4v) is 5.58. The molecule has 0 aliphatic heterocycles. The maximum Gasteiger partial charge on any atom is 0.238 e. The zero-order valence-corrected chi connectivity index (χ0v) is 28.6. The van der Waals surface area contributed by atoms with Crippen LogP contribution in [0.3, 0.4) is 0 Å². The number of benzene rings is 4. The SMILES string of the molecule is NS(=O)(=O)c1ccc(O)c(N/N=C2\C(=O)C=Cc3ccccc32)c1.NS(=O)(=O)c1ccc(O)c(N/N=C2\C(=O)C=Cc3ccccc32)c1.[Co].[NH4+]. The molecule has 1 radical (unpaired) electrons. The van der Waals surface area contributed by atoms with E-state index >= 15 is 0 Å². The molecular weight excluding hydrogens is 733 g/mol. The van der Waals surface area contributed by atoms with E-state index in [0.717, 1.165) is 23.3 Å². The molecule has 12 N–H and O–H groups in total. The van der Waals surface area contributed by atoms with Gasteiger partial charge in [-0.25, -0.2) is 27.1 Å². The Balaban J connectivity index is 0.000000260. The second-order valence-electron chi connectivity index (χ2n) is 10.2. The number of fused-ring (bicyclic) bond motifs is 2. The number of hydrogen-bond acceptors (Lipinski definition) is 12. The predicted molar refractivity (Wildman–Crippen MR) is 186 cm³/mol. The molecule has 2 aliphatic carbocycles. The average Bonchev–Trinajstić information content (AvgIpc) is 3.04. The number of allylic oxidation sites excluding steroid dienone is 2. The van der Waals surface area contributed by atoms with Crippen LogP contribution in [-0.4, -0.2) is 50.0 Å². The van der Waals surface area contributed by atoms with E-state index in [0.29, 0.717) is 11.1 Å². The van der Waals surface area contributed by atoms with Gasteiger partial charge in [0, 0.05) is 27.9 Å². The maximum atomic E-state index is 12.1. The van der Waals surface area contributed by atoms with Crippen molar-refractivity contribution in [1.29, 1.82) is 0 Å². The average molecular weight is 764 g/mol. The normalized spacial score (nSPS) is 14.8. The Hall–Kier alpha value is -5.47. The summed E-state index contributed by atoms with van der Waals surface area (Å²) in [4.78, 5) is 23.7. The van der Waals surface area contributed by atoms with Crippen molar-refractivity contribution in [3.05, 3.63) is 119 Å². The molecule has 0 bridgehead atoms. The number of nitrogens with zero attached hydrogens (tertiary/aromatic N) is 2. The summed E-state index contributed by atoms with van der Waals surface area (Å²) in [5.41, 5.74) is 8.37. The van der Waals surface area contributed by atoms with Gasteiger partial charge in [-0.3, -0.25) is 20.4 Å². The second kappa shape index (κ2) is 15.8. The molecule has 0 aromatic heterocycles. The van der Waals surface area contributed by atoms with E-state index in [1.165, 1.54) is 36.4 Å². The van der Waals surface area contributed by atoms with Crippen LogP contribution in [0, 0.1) is 0 Å². The summed E-state index contributed by atoms with van der Waals surface area (Å²) in [6.45, 7) is 0. The number of hydrazone groups is 2. The minimum Gasteiger partial charge on any atom is -0.506 e. The molecule has 0 amide bonds. The van der Waals surface area contributed by atoms with E-state index in [1.807, 2.05) is 24.3 Å². The first-order valence-corrected chi connectivity index (χ1v) is 16.8. The number of nitrogens with one attached hydrogen (secondary N) is 2. The summed E-state index contributed by atoms with van der Waals surface area (Å²) in [5.74, 6) is -1.05.